The summed E-state index contributed by atoms with van der Waals surface area (Å²) in [4.78, 5) is 54.1. The summed E-state index contributed by atoms with van der Waals surface area (Å²) in [5, 5.41) is 0.221. The predicted octanol–water partition coefficient (Wildman–Crippen LogP) is 1.18. The average molecular weight is 302 g/mol. The number of rotatable bonds is 2. The van der Waals surface area contributed by atoms with Gasteiger partial charge in [-0.25, -0.2) is 9.37 Å². The fraction of sp³-hybridized carbons (Fsp3) is 0.267. The van der Waals surface area contributed by atoms with Crippen LogP contribution in [0, 0.1) is 11.7 Å². The Bertz CT molecular complexity index is 855. The van der Waals surface area contributed by atoms with Crippen molar-refractivity contribution in [2.75, 3.05) is 0 Å². The Labute approximate surface area is 123 Å². The van der Waals surface area contributed by atoms with Crippen molar-refractivity contribution in [3.05, 3.63) is 40.1 Å². The second kappa shape index (κ2) is 5.25. The molecule has 2 heterocycles. The number of nitrogens with zero attached hydrogens (tertiary/aromatic N) is 1. The van der Waals surface area contributed by atoms with Gasteiger partial charge in [0.2, 0.25) is 0 Å². The zero-order valence-corrected chi connectivity index (χ0v) is 11.4. The molecule has 1 aliphatic rings. The van der Waals surface area contributed by atoms with Gasteiger partial charge in [0.25, 0.3) is 5.56 Å². The number of aromatic nitrogens is 2. The van der Waals surface area contributed by atoms with Gasteiger partial charge in [-0.15, -0.1) is 0 Å². The van der Waals surface area contributed by atoms with Gasteiger partial charge in [0.05, 0.1) is 11.8 Å². The topological polar surface area (TPSA) is 97.0 Å². The van der Waals surface area contributed by atoms with Crippen LogP contribution in [0.5, 0.6) is 0 Å². The lowest BCUT2D eigenvalue weighted by molar-refractivity contribution is -0.133. The highest BCUT2D eigenvalue weighted by Crippen LogP contribution is 2.21. The summed E-state index contributed by atoms with van der Waals surface area (Å²) < 4.78 is 13.2. The molecule has 112 valence electrons. The minimum atomic E-state index is -1.42. The number of halogens is 1. The molecule has 0 unspecified atom stereocenters. The number of aromatic amines is 1. The van der Waals surface area contributed by atoms with Gasteiger partial charge in [-0.3, -0.25) is 19.2 Å². The molecule has 22 heavy (non-hydrogen) atoms. The molecule has 0 aliphatic heterocycles. The predicted molar refractivity (Wildman–Crippen MR) is 74.0 cm³/mol. The van der Waals surface area contributed by atoms with Gasteiger partial charge >= 0.3 is 0 Å². The zero-order chi connectivity index (χ0) is 15.9. The molecule has 0 amide bonds. The van der Waals surface area contributed by atoms with E-state index in [0.717, 1.165) is 12.3 Å². The van der Waals surface area contributed by atoms with E-state index in [1.165, 1.54) is 6.07 Å². The molecule has 1 N–H and O–H groups in total. The second-order valence-electron chi connectivity index (χ2n) is 5.19. The molecule has 3 rings (SSSR count). The SMILES string of the molecule is O=C1CCCC(=O)C1C(=O)c1cc2cc(F)cnc2[nH]c1=O. The van der Waals surface area contributed by atoms with Crippen molar-refractivity contribution < 1.29 is 18.8 Å². The second-order valence-corrected chi connectivity index (χ2v) is 5.19. The van der Waals surface area contributed by atoms with E-state index in [0.29, 0.717) is 6.42 Å². The molecule has 0 aromatic carbocycles. The monoisotopic (exact) mass is 302 g/mol. The van der Waals surface area contributed by atoms with E-state index in [9.17, 15) is 23.6 Å². The molecular weight excluding hydrogens is 291 g/mol. The third-order valence-electron chi connectivity index (χ3n) is 3.68. The van der Waals surface area contributed by atoms with E-state index < -0.39 is 34.6 Å². The van der Waals surface area contributed by atoms with Crippen LogP contribution in [-0.4, -0.2) is 27.3 Å². The van der Waals surface area contributed by atoms with E-state index in [-0.39, 0.29) is 29.4 Å². The van der Waals surface area contributed by atoms with Gasteiger partial charge in [-0.05, 0) is 18.6 Å². The van der Waals surface area contributed by atoms with Gasteiger partial charge in [-0.1, -0.05) is 0 Å². The quantitative estimate of drug-likeness (QED) is 0.663. The van der Waals surface area contributed by atoms with Crippen LogP contribution in [0.4, 0.5) is 4.39 Å². The van der Waals surface area contributed by atoms with Crippen molar-refractivity contribution in [3.8, 4) is 0 Å². The van der Waals surface area contributed by atoms with E-state index >= 15 is 0 Å². The van der Waals surface area contributed by atoms with Crippen LogP contribution in [-0.2, 0) is 9.59 Å². The molecule has 7 heteroatoms. The Balaban J connectivity index is 2.10. The summed E-state index contributed by atoms with van der Waals surface area (Å²) in [6.45, 7) is 0. The largest absolute Gasteiger partial charge is 0.306 e. The molecule has 6 nitrogen and oxygen atoms in total. The summed E-state index contributed by atoms with van der Waals surface area (Å²) in [5.74, 6) is -3.82. The maximum absolute atomic E-state index is 13.2. The van der Waals surface area contributed by atoms with Crippen LogP contribution in [0.1, 0.15) is 29.6 Å². The fourth-order valence-corrected chi connectivity index (χ4v) is 2.60. The molecule has 0 bridgehead atoms. The molecular formula is C15H11FN2O4. The third kappa shape index (κ3) is 2.34. The summed E-state index contributed by atoms with van der Waals surface area (Å²) in [6, 6.07) is 2.28. The number of carbonyl (C=O) groups is 3. The highest BCUT2D eigenvalue weighted by molar-refractivity contribution is 6.25. The third-order valence-corrected chi connectivity index (χ3v) is 3.68. The number of hydrogen-bond donors (Lipinski definition) is 1. The molecule has 1 fully saturated rings. The Hall–Kier alpha value is -2.70. The van der Waals surface area contributed by atoms with E-state index in [4.69, 9.17) is 0 Å². The number of fused-ring (bicyclic) bond motifs is 1. The van der Waals surface area contributed by atoms with Crippen LogP contribution in [0.2, 0.25) is 0 Å². The molecule has 0 saturated heterocycles. The van der Waals surface area contributed by atoms with Crippen molar-refractivity contribution in [3.63, 3.8) is 0 Å². The molecule has 2 aromatic rings. The Morgan fingerprint density at radius 3 is 2.55 bits per heavy atom. The van der Waals surface area contributed by atoms with E-state index in [1.807, 2.05) is 0 Å². The molecule has 1 aliphatic carbocycles. The van der Waals surface area contributed by atoms with Crippen molar-refractivity contribution >= 4 is 28.4 Å². The van der Waals surface area contributed by atoms with Crippen LogP contribution in [0.3, 0.4) is 0 Å². The number of H-pyrrole nitrogens is 1. The first kappa shape index (κ1) is 14.2. The van der Waals surface area contributed by atoms with Crippen LogP contribution < -0.4 is 5.56 Å². The maximum atomic E-state index is 13.2. The molecule has 0 atom stereocenters. The summed E-state index contributed by atoms with van der Waals surface area (Å²) in [7, 11) is 0. The van der Waals surface area contributed by atoms with Crippen molar-refractivity contribution in [1.29, 1.82) is 0 Å². The van der Waals surface area contributed by atoms with Gasteiger partial charge in [-0.2, -0.15) is 0 Å². The van der Waals surface area contributed by atoms with Crippen molar-refractivity contribution in [2.24, 2.45) is 5.92 Å². The number of carbonyl (C=O) groups excluding carboxylic acids is 3. The first-order valence-corrected chi connectivity index (χ1v) is 6.75. The molecule has 1 saturated carbocycles. The number of ketones is 3. The molecule has 2 aromatic heterocycles. The average Bonchev–Trinajstić information content (AvgIpc) is 2.46. The molecule has 0 spiro atoms. The number of hydrogen-bond acceptors (Lipinski definition) is 5. The lowest BCUT2D eigenvalue weighted by Gasteiger charge is -2.17. The van der Waals surface area contributed by atoms with E-state index in [1.54, 1.807) is 0 Å². The van der Waals surface area contributed by atoms with Gasteiger partial charge in [0.15, 0.2) is 17.3 Å². The minimum Gasteiger partial charge on any atom is -0.306 e. The number of nitrogens with one attached hydrogen (secondary N) is 1. The minimum absolute atomic E-state index is 0.129. The number of Topliss-reactive ketones (excluding diaryl/α,β-unsaturated/α-hetero) is 3. The first-order valence-electron chi connectivity index (χ1n) is 6.75. The Morgan fingerprint density at radius 2 is 1.86 bits per heavy atom. The molecule has 0 radical (unpaired) electrons. The Morgan fingerprint density at radius 1 is 1.18 bits per heavy atom. The van der Waals surface area contributed by atoms with Crippen molar-refractivity contribution in [2.45, 2.75) is 19.3 Å². The van der Waals surface area contributed by atoms with Gasteiger partial charge in [0, 0.05) is 18.2 Å². The van der Waals surface area contributed by atoms with Crippen LogP contribution in [0.25, 0.3) is 11.0 Å². The Kier molecular flexibility index (Phi) is 3.40. The van der Waals surface area contributed by atoms with Crippen LogP contribution in [0.15, 0.2) is 23.1 Å². The van der Waals surface area contributed by atoms with E-state index in [2.05, 4.69) is 9.97 Å². The smallest absolute Gasteiger partial charge is 0.260 e. The normalized spacial score (nSPS) is 16.2. The van der Waals surface area contributed by atoms with Crippen molar-refractivity contribution in [1.82, 2.24) is 9.97 Å². The van der Waals surface area contributed by atoms with Crippen LogP contribution >= 0.6 is 0 Å². The maximum Gasteiger partial charge on any atom is 0.260 e. The number of pyridine rings is 2. The summed E-state index contributed by atoms with van der Waals surface area (Å²) in [5.41, 5.74) is -0.944. The summed E-state index contributed by atoms with van der Waals surface area (Å²) in [6.07, 6.45) is 1.65. The highest BCUT2D eigenvalue weighted by Gasteiger charge is 2.37. The highest BCUT2D eigenvalue weighted by atomic mass is 19.1. The van der Waals surface area contributed by atoms with Gasteiger partial charge in [0.1, 0.15) is 17.4 Å². The fourth-order valence-electron chi connectivity index (χ4n) is 2.60. The standard InChI is InChI=1S/C15H11FN2O4/c16-8-4-7-5-9(15(22)18-14(7)17-6-8)13(21)12-10(19)2-1-3-11(12)20/h4-6,12H,1-3H2,(H,17,18,22). The zero-order valence-electron chi connectivity index (χ0n) is 11.4. The first-order chi connectivity index (χ1) is 10.5. The lowest BCUT2D eigenvalue weighted by Crippen LogP contribution is -2.37. The summed E-state index contributed by atoms with van der Waals surface area (Å²) >= 11 is 0. The van der Waals surface area contributed by atoms with Gasteiger partial charge < -0.3 is 4.98 Å². The lowest BCUT2D eigenvalue weighted by atomic mass is 9.82.